The van der Waals surface area contributed by atoms with E-state index in [1.54, 1.807) is 14.1 Å². The second-order valence-corrected chi connectivity index (χ2v) is 5.19. The number of likely N-dealkylation sites (N-methyl/N-ethyl adjacent to an activating group) is 1. The Morgan fingerprint density at radius 3 is 2.57 bits per heavy atom. The van der Waals surface area contributed by atoms with Gasteiger partial charge in [0.2, 0.25) is 5.91 Å². The van der Waals surface area contributed by atoms with E-state index in [4.69, 9.17) is 5.11 Å². The van der Waals surface area contributed by atoms with Gasteiger partial charge in [-0.05, 0) is 5.56 Å². The summed E-state index contributed by atoms with van der Waals surface area (Å²) in [6.45, 7) is 0. The highest BCUT2D eigenvalue weighted by atomic mass is 16.4. The van der Waals surface area contributed by atoms with Crippen molar-refractivity contribution in [3.05, 3.63) is 54.0 Å². The molecule has 0 radical (unpaired) electrons. The number of hydrogen-bond acceptors (Lipinski definition) is 5. The molecule has 0 spiro atoms. The minimum atomic E-state index is -0.988. The molecule has 0 saturated carbocycles. The summed E-state index contributed by atoms with van der Waals surface area (Å²) < 4.78 is 0. The Labute approximate surface area is 134 Å². The number of anilines is 1. The van der Waals surface area contributed by atoms with E-state index in [2.05, 4.69) is 15.3 Å². The summed E-state index contributed by atoms with van der Waals surface area (Å²) in [4.78, 5) is 32.9. The zero-order valence-corrected chi connectivity index (χ0v) is 12.9. The van der Waals surface area contributed by atoms with Crippen molar-refractivity contribution < 1.29 is 14.7 Å². The fraction of sp³-hybridized carbons (Fsp3) is 0.250. The molecule has 2 N–H and O–H groups in total. The van der Waals surface area contributed by atoms with E-state index in [9.17, 15) is 9.59 Å². The van der Waals surface area contributed by atoms with Crippen molar-refractivity contribution in [3.8, 4) is 0 Å². The number of benzene rings is 1. The van der Waals surface area contributed by atoms with Gasteiger partial charge in [-0.2, -0.15) is 0 Å². The minimum absolute atomic E-state index is 0.156. The molecule has 0 saturated heterocycles. The highest BCUT2D eigenvalue weighted by Crippen LogP contribution is 2.22. The topological polar surface area (TPSA) is 95.4 Å². The molecular formula is C16H18N4O3. The van der Waals surface area contributed by atoms with E-state index in [0.29, 0.717) is 11.4 Å². The molecule has 1 amide bonds. The number of amides is 1. The zero-order valence-electron chi connectivity index (χ0n) is 12.9. The number of aliphatic carboxylic acids is 1. The first-order valence-electron chi connectivity index (χ1n) is 7.02. The first kappa shape index (κ1) is 16.4. The summed E-state index contributed by atoms with van der Waals surface area (Å²) in [5.74, 6) is -0.805. The van der Waals surface area contributed by atoms with Crippen LogP contribution in [-0.4, -0.2) is 45.9 Å². The monoisotopic (exact) mass is 314 g/mol. The van der Waals surface area contributed by atoms with Crippen LogP contribution in [0.1, 0.15) is 17.2 Å². The Hall–Kier alpha value is -2.96. The number of aromatic nitrogens is 2. The fourth-order valence-corrected chi connectivity index (χ4v) is 2.11. The molecular weight excluding hydrogens is 296 g/mol. The van der Waals surface area contributed by atoms with Crippen molar-refractivity contribution in [1.29, 1.82) is 0 Å². The van der Waals surface area contributed by atoms with Gasteiger partial charge in [0, 0.05) is 25.9 Å². The van der Waals surface area contributed by atoms with Crippen molar-refractivity contribution in [1.82, 2.24) is 14.9 Å². The van der Waals surface area contributed by atoms with Gasteiger partial charge in [0.1, 0.15) is 18.2 Å². The molecule has 2 rings (SSSR count). The van der Waals surface area contributed by atoms with Crippen molar-refractivity contribution in [2.45, 2.75) is 12.5 Å². The summed E-state index contributed by atoms with van der Waals surface area (Å²) in [7, 11) is 3.33. The van der Waals surface area contributed by atoms with Crippen molar-refractivity contribution in [2.75, 3.05) is 19.4 Å². The van der Waals surface area contributed by atoms with Crippen molar-refractivity contribution in [2.24, 2.45) is 0 Å². The fourth-order valence-electron chi connectivity index (χ4n) is 2.11. The van der Waals surface area contributed by atoms with Gasteiger partial charge < -0.3 is 15.3 Å². The molecule has 0 bridgehead atoms. The first-order valence-corrected chi connectivity index (χ1v) is 7.02. The van der Waals surface area contributed by atoms with E-state index < -0.39 is 12.0 Å². The molecule has 7 heteroatoms. The third kappa shape index (κ3) is 4.26. The Morgan fingerprint density at radius 1 is 1.26 bits per heavy atom. The lowest BCUT2D eigenvalue weighted by atomic mass is 10.1. The molecule has 1 atom stereocenters. The standard InChI is InChI=1S/C16H18N4O3/c1-20(2)16(23)14(11-6-4-3-5-7-11)19-15-12(8-13(21)22)9-17-10-18-15/h3-7,9-10,14H,8H2,1-2H3,(H,21,22)(H,17,18,19)/t14-/m1/s1. The van der Waals surface area contributed by atoms with E-state index in [1.165, 1.54) is 17.4 Å². The van der Waals surface area contributed by atoms with Crippen LogP contribution in [0.3, 0.4) is 0 Å². The summed E-state index contributed by atoms with van der Waals surface area (Å²) in [5.41, 5.74) is 1.19. The smallest absolute Gasteiger partial charge is 0.308 e. The van der Waals surface area contributed by atoms with Gasteiger partial charge in [0.25, 0.3) is 0 Å². The van der Waals surface area contributed by atoms with Gasteiger partial charge in [-0.1, -0.05) is 30.3 Å². The second-order valence-electron chi connectivity index (χ2n) is 5.19. The van der Waals surface area contributed by atoms with Crippen LogP contribution >= 0.6 is 0 Å². The van der Waals surface area contributed by atoms with Crippen LogP contribution in [0, 0.1) is 0 Å². The maximum absolute atomic E-state index is 12.5. The molecule has 120 valence electrons. The number of rotatable bonds is 6. The molecule has 0 aliphatic carbocycles. The highest BCUT2D eigenvalue weighted by Gasteiger charge is 2.23. The van der Waals surface area contributed by atoms with E-state index in [0.717, 1.165) is 5.56 Å². The molecule has 1 aromatic carbocycles. The normalized spacial score (nSPS) is 11.6. The van der Waals surface area contributed by atoms with Gasteiger partial charge >= 0.3 is 5.97 Å². The number of carbonyl (C=O) groups is 2. The lowest BCUT2D eigenvalue weighted by Gasteiger charge is -2.23. The summed E-state index contributed by atoms with van der Waals surface area (Å²) in [6.07, 6.45) is 2.53. The van der Waals surface area contributed by atoms with E-state index in [-0.39, 0.29) is 12.3 Å². The minimum Gasteiger partial charge on any atom is -0.481 e. The Balaban J connectivity index is 2.35. The summed E-state index contributed by atoms with van der Waals surface area (Å²) in [5, 5.41) is 12.0. The van der Waals surface area contributed by atoms with Crippen molar-refractivity contribution in [3.63, 3.8) is 0 Å². The Kier molecular flexibility index (Phi) is 5.24. The Morgan fingerprint density at radius 2 is 1.96 bits per heavy atom. The largest absolute Gasteiger partial charge is 0.481 e. The average molecular weight is 314 g/mol. The SMILES string of the molecule is CN(C)C(=O)[C@H](Nc1ncncc1CC(=O)O)c1ccccc1. The zero-order chi connectivity index (χ0) is 16.8. The van der Waals surface area contributed by atoms with Crippen LogP contribution in [0.5, 0.6) is 0 Å². The van der Waals surface area contributed by atoms with Crippen LogP contribution in [0.4, 0.5) is 5.82 Å². The molecule has 23 heavy (non-hydrogen) atoms. The Bertz CT molecular complexity index is 689. The van der Waals surface area contributed by atoms with Crippen LogP contribution < -0.4 is 5.32 Å². The molecule has 0 unspecified atom stereocenters. The molecule has 2 aromatic rings. The number of carbonyl (C=O) groups excluding carboxylic acids is 1. The predicted octanol–water partition coefficient (Wildman–Crippen LogP) is 1.35. The van der Waals surface area contributed by atoms with Gasteiger partial charge in [-0.25, -0.2) is 9.97 Å². The molecule has 1 aromatic heterocycles. The molecule has 0 aliphatic heterocycles. The number of nitrogens with one attached hydrogen (secondary N) is 1. The van der Waals surface area contributed by atoms with Gasteiger partial charge in [-0.3, -0.25) is 9.59 Å². The van der Waals surface area contributed by atoms with Crippen LogP contribution in [-0.2, 0) is 16.0 Å². The quantitative estimate of drug-likeness (QED) is 0.835. The number of carboxylic acids is 1. The summed E-state index contributed by atoms with van der Waals surface area (Å²) >= 11 is 0. The molecule has 7 nitrogen and oxygen atoms in total. The van der Waals surface area contributed by atoms with E-state index in [1.807, 2.05) is 30.3 Å². The second kappa shape index (κ2) is 7.35. The number of carboxylic acid groups (broad SMARTS) is 1. The molecule has 0 aliphatic rings. The maximum atomic E-state index is 12.5. The highest BCUT2D eigenvalue weighted by molar-refractivity contribution is 5.86. The molecule has 1 heterocycles. The lowest BCUT2D eigenvalue weighted by molar-refractivity contribution is -0.136. The van der Waals surface area contributed by atoms with Gasteiger partial charge in [0.05, 0.1) is 6.42 Å². The van der Waals surface area contributed by atoms with E-state index >= 15 is 0 Å². The van der Waals surface area contributed by atoms with Crippen LogP contribution in [0.25, 0.3) is 0 Å². The third-order valence-electron chi connectivity index (χ3n) is 3.23. The van der Waals surface area contributed by atoms with Crippen molar-refractivity contribution >= 4 is 17.7 Å². The summed E-state index contributed by atoms with van der Waals surface area (Å²) in [6, 6.07) is 8.54. The number of nitrogens with zero attached hydrogens (tertiary/aromatic N) is 3. The first-order chi connectivity index (χ1) is 11.0. The maximum Gasteiger partial charge on any atom is 0.308 e. The number of hydrogen-bond donors (Lipinski definition) is 2. The lowest BCUT2D eigenvalue weighted by Crippen LogP contribution is -2.33. The van der Waals surface area contributed by atoms with Crippen LogP contribution in [0.15, 0.2) is 42.9 Å². The average Bonchev–Trinajstić information content (AvgIpc) is 2.53. The van der Waals surface area contributed by atoms with Gasteiger partial charge in [-0.15, -0.1) is 0 Å². The predicted molar refractivity (Wildman–Crippen MR) is 84.9 cm³/mol. The van der Waals surface area contributed by atoms with Crippen LogP contribution in [0.2, 0.25) is 0 Å². The molecule has 0 fully saturated rings. The third-order valence-corrected chi connectivity index (χ3v) is 3.23. The van der Waals surface area contributed by atoms with Gasteiger partial charge in [0.15, 0.2) is 0 Å².